The second-order valence-electron chi connectivity index (χ2n) is 9.53. The molecule has 0 spiro atoms. The molecular weight excluding hydrogens is 484 g/mol. The molecule has 194 valence electrons. The fourth-order valence-electron chi connectivity index (χ4n) is 5.56. The number of aromatic amines is 1. The summed E-state index contributed by atoms with van der Waals surface area (Å²) in [4.78, 5) is 29.6. The van der Waals surface area contributed by atoms with Crippen LogP contribution in [0.4, 0.5) is 8.78 Å². The molecule has 4 rings (SSSR count). The Kier molecular flexibility index (Phi) is 8.20. The molecule has 1 amide bonds. The van der Waals surface area contributed by atoms with Crippen LogP contribution in [-0.4, -0.2) is 34.4 Å². The Hall–Kier alpha value is -2.65. The third-order valence-corrected chi connectivity index (χ3v) is 8.17. The normalized spacial score (nSPS) is 19.1. The van der Waals surface area contributed by atoms with Crippen LogP contribution in [0.3, 0.4) is 0 Å². The van der Waals surface area contributed by atoms with E-state index in [0.29, 0.717) is 29.9 Å². The molecule has 1 aliphatic rings. The number of hydrogen-bond acceptors (Lipinski definition) is 4. The topological polar surface area (TPSA) is 76.1 Å². The summed E-state index contributed by atoms with van der Waals surface area (Å²) >= 11 is 1.48. The minimum Gasteiger partial charge on any atom is -0.348 e. The van der Waals surface area contributed by atoms with Crippen LogP contribution in [-0.2, 0) is 11.3 Å². The number of para-hydroxylation sites is 1. The molecule has 0 radical (unpaired) electrons. The number of rotatable bonds is 8. The first-order valence-electron chi connectivity index (χ1n) is 12.3. The van der Waals surface area contributed by atoms with Crippen LogP contribution >= 0.6 is 11.8 Å². The number of aromatic nitrogens is 2. The van der Waals surface area contributed by atoms with E-state index in [2.05, 4.69) is 21.8 Å². The molecule has 2 N–H and O–H groups in total. The predicted octanol–water partition coefficient (Wildman–Crippen LogP) is 5.96. The lowest BCUT2D eigenvalue weighted by Gasteiger charge is -2.33. The van der Waals surface area contributed by atoms with Crippen LogP contribution in [0.2, 0.25) is 0 Å². The van der Waals surface area contributed by atoms with Crippen molar-refractivity contribution in [2.24, 2.45) is 5.92 Å². The summed E-state index contributed by atoms with van der Waals surface area (Å²) in [7, 11) is 0. The van der Waals surface area contributed by atoms with Gasteiger partial charge < -0.3 is 19.6 Å². The van der Waals surface area contributed by atoms with Gasteiger partial charge in [0.05, 0.1) is 11.7 Å². The van der Waals surface area contributed by atoms with Crippen LogP contribution in [0.1, 0.15) is 66.0 Å². The largest absolute Gasteiger partial charge is 0.348 e. The molecule has 2 aromatic heterocycles. The number of fused-ring (bicyclic) bond motifs is 1. The molecule has 1 fully saturated rings. The van der Waals surface area contributed by atoms with Crippen molar-refractivity contribution in [2.45, 2.75) is 76.7 Å². The van der Waals surface area contributed by atoms with E-state index < -0.39 is 12.7 Å². The van der Waals surface area contributed by atoms with Crippen LogP contribution in [0.5, 0.6) is 0 Å². The van der Waals surface area contributed by atoms with E-state index in [1.54, 1.807) is 0 Å². The van der Waals surface area contributed by atoms with E-state index in [-0.39, 0.29) is 24.1 Å². The van der Waals surface area contributed by atoms with Gasteiger partial charge in [-0.3, -0.25) is 9.59 Å². The maximum Gasteiger partial charge on any atom is 0.345 e. The summed E-state index contributed by atoms with van der Waals surface area (Å²) in [6.07, 6.45) is 4.31. The van der Waals surface area contributed by atoms with Crippen molar-refractivity contribution in [2.75, 3.05) is 6.26 Å². The molecule has 0 bridgehead atoms. The van der Waals surface area contributed by atoms with E-state index >= 15 is 0 Å². The number of ether oxygens (including phenoxy) is 1. The Morgan fingerprint density at radius 1 is 1.22 bits per heavy atom. The van der Waals surface area contributed by atoms with Gasteiger partial charge in [-0.25, -0.2) is 0 Å². The van der Waals surface area contributed by atoms with Gasteiger partial charge in [-0.15, -0.1) is 11.8 Å². The SMILES string of the molecule is CSc1cc(C)[nH]c(=O)c1CNC(=O)c1c(C)n(C(C)C2CCC(OC(F)F)CC2)c2ccccc12. The molecule has 1 unspecified atom stereocenters. The molecule has 9 heteroatoms. The number of amides is 1. The van der Waals surface area contributed by atoms with E-state index in [4.69, 9.17) is 4.74 Å². The maximum absolute atomic E-state index is 13.5. The lowest BCUT2D eigenvalue weighted by molar-refractivity contribution is -0.172. The number of hydrogen-bond donors (Lipinski definition) is 2. The average molecular weight is 518 g/mol. The molecule has 3 aromatic rings. The molecule has 1 aliphatic carbocycles. The molecule has 1 saturated carbocycles. The number of benzene rings is 1. The van der Waals surface area contributed by atoms with Gasteiger partial charge in [-0.05, 0) is 70.8 Å². The van der Waals surface area contributed by atoms with Gasteiger partial charge in [0.15, 0.2) is 0 Å². The molecule has 0 aliphatic heterocycles. The number of nitrogens with one attached hydrogen (secondary N) is 2. The lowest BCUT2D eigenvalue weighted by Crippen LogP contribution is -2.29. The van der Waals surface area contributed by atoms with Gasteiger partial charge in [0, 0.05) is 45.3 Å². The minimum atomic E-state index is -2.73. The quantitative estimate of drug-likeness (QED) is 0.362. The number of thioether (sulfide) groups is 1. The number of pyridine rings is 1. The Morgan fingerprint density at radius 3 is 2.58 bits per heavy atom. The number of carbonyl (C=O) groups excluding carboxylic acids is 1. The summed E-state index contributed by atoms with van der Waals surface area (Å²) in [6.45, 7) is 3.32. The first-order valence-corrected chi connectivity index (χ1v) is 13.5. The van der Waals surface area contributed by atoms with Crippen molar-refractivity contribution < 1.29 is 18.3 Å². The highest BCUT2D eigenvalue weighted by molar-refractivity contribution is 7.98. The fraction of sp³-hybridized carbons (Fsp3) is 0.481. The molecule has 1 atom stereocenters. The number of nitrogens with zero attached hydrogens (tertiary/aromatic N) is 1. The van der Waals surface area contributed by atoms with E-state index in [1.807, 2.05) is 50.4 Å². The number of carbonyl (C=O) groups is 1. The molecular formula is C27H33F2N3O3S. The summed E-state index contributed by atoms with van der Waals surface area (Å²) in [6, 6.07) is 9.82. The average Bonchev–Trinajstić information content (AvgIpc) is 3.14. The summed E-state index contributed by atoms with van der Waals surface area (Å²) in [5.41, 5.74) is 3.55. The summed E-state index contributed by atoms with van der Waals surface area (Å²) in [5, 5.41) is 3.82. The van der Waals surface area contributed by atoms with Gasteiger partial charge >= 0.3 is 6.61 Å². The number of halogens is 2. The Balaban J connectivity index is 1.59. The van der Waals surface area contributed by atoms with E-state index in [9.17, 15) is 18.4 Å². The van der Waals surface area contributed by atoms with Crippen molar-refractivity contribution in [3.63, 3.8) is 0 Å². The zero-order valence-electron chi connectivity index (χ0n) is 21.1. The third kappa shape index (κ3) is 5.37. The van der Waals surface area contributed by atoms with E-state index in [0.717, 1.165) is 40.0 Å². The first kappa shape index (κ1) is 26.4. The number of aryl methyl sites for hydroxylation is 1. The van der Waals surface area contributed by atoms with Crippen LogP contribution in [0.15, 0.2) is 40.0 Å². The van der Waals surface area contributed by atoms with Crippen LogP contribution in [0, 0.1) is 19.8 Å². The van der Waals surface area contributed by atoms with Gasteiger partial charge in [-0.1, -0.05) is 18.2 Å². The second kappa shape index (κ2) is 11.2. The Bertz CT molecular complexity index is 1300. The first-order chi connectivity index (χ1) is 17.2. The predicted molar refractivity (Wildman–Crippen MR) is 139 cm³/mol. The number of alkyl halides is 2. The number of H-pyrrole nitrogens is 1. The smallest absolute Gasteiger partial charge is 0.345 e. The highest BCUT2D eigenvalue weighted by atomic mass is 32.2. The zero-order valence-corrected chi connectivity index (χ0v) is 21.9. The highest BCUT2D eigenvalue weighted by Gasteiger charge is 2.31. The van der Waals surface area contributed by atoms with Crippen molar-refractivity contribution in [1.82, 2.24) is 14.9 Å². The summed E-state index contributed by atoms with van der Waals surface area (Å²) < 4.78 is 32.2. The molecule has 2 heterocycles. The monoisotopic (exact) mass is 517 g/mol. The summed E-state index contributed by atoms with van der Waals surface area (Å²) in [5.74, 6) is 0.0684. The molecule has 1 aromatic carbocycles. The van der Waals surface area contributed by atoms with Gasteiger partial charge in [0.25, 0.3) is 11.5 Å². The maximum atomic E-state index is 13.5. The van der Waals surface area contributed by atoms with E-state index in [1.165, 1.54) is 11.8 Å². The molecule has 36 heavy (non-hydrogen) atoms. The molecule has 0 saturated heterocycles. The Labute approximate surface area is 213 Å². The van der Waals surface area contributed by atoms with Crippen LogP contribution < -0.4 is 10.9 Å². The Morgan fingerprint density at radius 2 is 1.92 bits per heavy atom. The van der Waals surface area contributed by atoms with Crippen molar-refractivity contribution >= 4 is 28.6 Å². The lowest BCUT2D eigenvalue weighted by atomic mass is 9.83. The van der Waals surface area contributed by atoms with Gasteiger partial charge in [0.1, 0.15) is 0 Å². The fourth-order valence-corrected chi connectivity index (χ4v) is 6.26. The van der Waals surface area contributed by atoms with Crippen LogP contribution in [0.25, 0.3) is 10.9 Å². The molecule has 6 nitrogen and oxygen atoms in total. The highest BCUT2D eigenvalue weighted by Crippen LogP contribution is 2.38. The minimum absolute atomic E-state index is 0.0898. The van der Waals surface area contributed by atoms with Gasteiger partial charge in [-0.2, -0.15) is 8.78 Å². The second-order valence-corrected chi connectivity index (χ2v) is 10.4. The van der Waals surface area contributed by atoms with Gasteiger partial charge in [0.2, 0.25) is 0 Å². The van der Waals surface area contributed by atoms with Crippen molar-refractivity contribution in [1.29, 1.82) is 0 Å². The standard InChI is InChI=1S/C27H33F2N3O3S/c1-15-13-23(36-4)21(25(33)31-15)14-30-26(34)24-17(3)32(22-8-6-5-7-20(22)24)16(2)18-9-11-19(12-10-18)35-27(28)29/h5-8,13,16,18-19,27H,9-12,14H2,1-4H3,(H,30,34)(H,31,33). The third-order valence-electron chi connectivity index (χ3n) is 7.36. The zero-order chi connectivity index (χ0) is 26.0. The van der Waals surface area contributed by atoms with Crippen molar-refractivity contribution in [3.05, 3.63) is 63.2 Å². The van der Waals surface area contributed by atoms with Crippen molar-refractivity contribution in [3.8, 4) is 0 Å².